The van der Waals surface area contributed by atoms with Crippen LogP contribution in [-0.2, 0) is 4.79 Å². The summed E-state index contributed by atoms with van der Waals surface area (Å²) < 4.78 is 35.3. The molecule has 8 heteroatoms. The summed E-state index contributed by atoms with van der Waals surface area (Å²) in [7, 11) is 0. The lowest BCUT2D eigenvalue weighted by molar-refractivity contribution is -0.119. The van der Waals surface area contributed by atoms with Crippen molar-refractivity contribution in [3.63, 3.8) is 0 Å². The van der Waals surface area contributed by atoms with Crippen molar-refractivity contribution in [1.82, 2.24) is 5.32 Å². The highest BCUT2D eigenvalue weighted by Crippen LogP contribution is 2.33. The minimum atomic E-state index is -4.35. The maximum Gasteiger partial charge on any atom is 0.442 e. The van der Waals surface area contributed by atoms with Gasteiger partial charge in [-0.05, 0) is 30.5 Å². The van der Waals surface area contributed by atoms with Gasteiger partial charge in [0.05, 0.1) is 5.75 Å². The molecule has 0 heterocycles. The molecule has 0 radical (unpaired) electrons. The lowest BCUT2D eigenvalue weighted by atomic mass is 10.2. The molecule has 1 atom stereocenters. The Labute approximate surface area is 102 Å². The Bertz CT molecular complexity index is 236. The summed E-state index contributed by atoms with van der Waals surface area (Å²) in [6, 6.07) is -0.161. The first kappa shape index (κ1) is 15.9. The lowest BCUT2D eigenvalue weighted by Crippen LogP contribution is -2.42. The van der Waals surface area contributed by atoms with Crippen molar-refractivity contribution >= 4 is 30.1 Å². The lowest BCUT2D eigenvalue weighted by Gasteiger charge is -2.15. The van der Waals surface area contributed by atoms with Crippen LogP contribution in [0.15, 0.2) is 0 Å². The molecule has 1 saturated carbocycles. The third-order valence-corrected chi connectivity index (χ3v) is 2.89. The van der Waals surface area contributed by atoms with Gasteiger partial charge in [0, 0.05) is 12.6 Å². The molecular formula is C8H14ClF3N2OS. The fourth-order valence-corrected chi connectivity index (χ4v) is 1.64. The van der Waals surface area contributed by atoms with Crippen molar-refractivity contribution in [1.29, 1.82) is 0 Å². The van der Waals surface area contributed by atoms with E-state index < -0.39 is 17.2 Å². The van der Waals surface area contributed by atoms with E-state index in [1.54, 1.807) is 0 Å². The molecule has 0 spiro atoms. The molecular weight excluding hydrogens is 265 g/mol. The molecule has 1 rings (SSSR count). The Balaban J connectivity index is 0.00000225. The summed E-state index contributed by atoms with van der Waals surface area (Å²) in [5, 5.41) is 2.52. The minimum absolute atomic E-state index is 0. The van der Waals surface area contributed by atoms with Crippen LogP contribution in [0.5, 0.6) is 0 Å². The third kappa shape index (κ3) is 6.44. The molecule has 0 aromatic rings. The molecule has 0 aromatic carbocycles. The fourth-order valence-electron chi connectivity index (χ4n) is 1.26. The van der Waals surface area contributed by atoms with Gasteiger partial charge in [0.25, 0.3) is 0 Å². The Morgan fingerprint density at radius 3 is 2.44 bits per heavy atom. The molecule has 0 aromatic heterocycles. The zero-order chi connectivity index (χ0) is 11.5. The molecule has 1 aliphatic rings. The van der Waals surface area contributed by atoms with Crippen LogP contribution in [0.3, 0.4) is 0 Å². The zero-order valence-corrected chi connectivity index (χ0v) is 10.1. The topological polar surface area (TPSA) is 55.1 Å². The number of nitrogens with one attached hydrogen (secondary N) is 1. The van der Waals surface area contributed by atoms with Gasteiger partial charge < -0.3 is 11.1 Å². The summed E-state index contributed by atoms with van der Waals surface area (Å²) in [5.41, 5.74) is 1.05. The van der Waals surface area contributed by atoms with E-state index in [4.69, 9.17) is 5.73 Å². The maximum atomic E-state index is 11.8. The Hall–Kier alpha value is -0.140. The second-order valence-electron chi connectivity index (χ2n) is 3.48. The second kappa shape index (κ2) is 6.56. The average Bonchev–Trinajstić information content (AvgIpc) is 2.93. The molecule has 1 unspecified atom stereocenters. The molecule has 1 aliphatic carbocycles. The summed E-state index contributed by atoms with van der Waals surface area (Å²) in [4.78, 5) is 11.1. The molecule has 3 nitrogen and oxygen atoms in total. The number of amides is 1. The van der Waals surface area contributed by atoms with Crippen LogP contribution < -0.4 is 11.1 Å². The van der Waals surface area contributed by atoms with Crippen molar-refractivity contribution < 1.29 is 18.0 Å². The number of carbonyl (C=O) groups excluding carboxylic acids is 1. The highest BCUT2D eigenvalue weighted by Gasteiger charge is 2.33. The quantitative estimate of drug-likeness (QED) is 0.802. The van der Waals surface area contributed by atoms with Crippen molar-refractivity contribution in [2.75, 3.05) is 12.3 Å². The number of hydrogen-bond acceptors (Lipinski definition) is 3. The smallest absolute Gasteiger partial charge is 0.351 e. The van der Waals surface area contributed by atoms with Crippen molar-refractivity contribution in [3.8, 4) is 0 Å². The molecule has 16 heavy (non-hydrogen) atoms. The number of alkyl halides is 3. The summed E-state index contributed by atoms with van der Waals surface area (Å²) in [6.07, 6.45) is 1.99. The van der Waals surface area contributed by atoms with Crippen molar-refractivity contribution in [3.05, 3.63) is 0 Å². The van der Waals surface area contributed by atoms with Crippen LogP contribution in [0.1, 0.15) is 12.8 Å². The van der Waals surface area contributed by atoms with E-state index in [0.29, 0.717) is 5.92 Å². The van der Waals surface area contributed by atoms with Crippen LogP contribution in [0.4, 0.5) is 13.2 Å². The van der Waals surface area contributed by atoms with Gasteiger partial charge in [0.2, 0.25) is 5.91 Å². The zero-order valence-electron chi connectivity index (χ0n) is 8.42. The Kier molecular flexibility index (Phi) is 6.50. The largest absolute Gasteiger partial charge is 0.442 e. The van der Waals surface area contributed by atoms with Crippen LogP contribution >= 0.6 is 24.2 Å². The monoisotopic (exact) mass is 278 g/mol. The van der Waals surface area contributed by atoms with Crippen LogP contribution in [0.25, 0.3) is 0 Å². The first-order chi connectivity index (χ1) is 6.92. The van der Waals surface area contributed by atoms with E-state index in [1.807, 2.05) is 0 Å². The molecule has 3 N–H and O–H groups in total. The first-order valence-electron chi connectivity index (χ1n) is 4.62. The van der Waals surface area contributed by atoms with Crippen LogP contribution in [0.2, 0.25) is 0 Å². The third-order valence-electron chi connectivity index (χ3n) is 2.16. The molecule has 0 saturated heterocycles. The van der Waals surface area contributed by atoms with E-state index >= 15 is 0 Å². The Morgan fingerprint density at radius 2 is 2.06 bits per heavy atom. The van der Waals surface area contributed by atoms with E-state index in [1.165, 1.54) is 0 Å². The van der Waals surface area contributed by atoms with Crippen molar-refractivity contribution in [2.45, 2.75) is 24.4 Å². The second-order valence-corrected chi connectivity index (χ2v) is 4.52. The average molecular weight is 279 g/mol. The predicted molar refractivity (Wildman–Crippen MR) is 59.5 cm³/mol. The van der Waals surface area contributed by atoms with Gasteiger partial charge in [-0.1, -0.05) is 0 Å². The number of rotatable bonds is 5. The van der Waals surface area contributed by atoms with Gasteiger partial charge in [-0.3, -0.25) is 4.79 Å². The number of halogens is 4. The first-order valence-corrected chi connectivity index (χ1v) is 5.61. The fraction of sp³-hybridized carbons (Fsp3) is 0.875. The highest BCUT2D eigenvalue weighted by atomic mass is 35.5. The summed E-state index contributed by atoms with van der Waals surface area (Å²) >= 11 is -0.327. The molecule has 1 fully saturated rings. The summed E-state index contributed by atoms with van der Waals surface area (Å²) in [5.74, 6) is -0.832. The van der Waals surface area contributed by atoms with E-state index in [0.717, 1.165) is 12.8 Å². The molecule has 0 bridgehead atoms. The Morgan fingerprint density at radius 1 is 1.50 bits per heavy atom. The van der Waals surface area contributed by atoms with E-state index in [-0.39, 0.29) is 36.8 Å². The molecule has 96 valence electrons. The minimum Gasteiger partial charge on any atom is -0.351 e. The maximum absolute atomic E-state index is 11.8. The number of carbonyl (C=O) groups is 1. The number of nitrogens with two attached hydrogens (primary N) is 1. The van der Waals surface area contributed by atoms with E-state index in [2.05, 4.69) is 5.32 Å². The van der Waals surface area contributed by atoms with Gasteiger partial charge in [-0.2, -0.15) is 13.2 Å². The summed E-state index contributed by atoms with van der Waals surface area (Å²) in [6.45, 7) is 0.285. The van der Waals surface area contributed by atoms with Gasteiger partial charge in [-0.25, -0.2) is 0 Å². The van der Waals surface area contributed by atoms with Gasteiger partial charge in [0.15, 0.2) is 0 Å². The van der Waals surface area contributed by atoms with Gasteiger partial charge in [0.1, 0.15) is 0 Å². The van der Waals surface area contributed by atoms with Gasteiger partial charge in [-0.15, -0.1) is 12.4 Å². The van der Waals surface area contributed by atoms with Crippen LogP contribution in [0, 0.1) is 5.92 Å². The predicted octanol–water partition coefficient (Wildman–Crippen LogP) is 1.51. The van der Waals surface area contributed by atoms with Crippen LogP contribution in [-0.4, -0.2) is 29.8 Å². The SMILES string of the molecule is Cl.NCC(NC(=O)CSC(F)(F)F)C1CC1. The molecule has 0 aliphatic heterocycles. The number of hydrogen-bond donors (Lipinski definition) is 2. The molecule has 1 amide bonds. The van der Waals surface area contributed by atoms with Gasteiger partial charge >= 0.3 is 5.51 Å². The number of thioether (sulfide) groups is 1. The standard InChI is InChI=1S/C8H13F3N2OS.ClH/c9-8(10,11)15-4-7(14)13-6(3-12)5-1-2-5;/h5-6H,1-4,12H2,(H,13,14);1H. The normalized spacial score (nSPS) is 17.5. The van der Waals surface area contributed by atoms with Crippen molar-refractivity contribution in [2.24, 2.45) is 11.7 Å². The highest BCUT2D eigenvalue weighted by molar-refractivity contribution is 8.00. The van der Waals surface area contributed by atoms with E-state index in [9.17, 15) is 18.0 Å².